The van der Waals surface area contributed by atoms with Crippen LogP contribution in [0.3, 0.4) is 0 Å². The molecule has 0 saturated carbocycles. The molecule has 5 heteroatoms. The summed E-state index contributed by atoms with van der Waals surface area (Å²) in [6.07, 6.45) is 0. The number of nitrogens with zero attached hydrogens (tertiary/aromatic N) is 4. The molecule has 0 radical (unpaired) electrons. The first-order chi connectivity index (χ1) is 30.3. The Morgan fingerprint density at radius 2 is 0.902 bits per heavy atom. The van der Waals surface area contributed by atoms with Gasteiger partial charge in [0.05, 0.1) is 33.3 Å². The summed E-state index contributed by atoms with van der Waals surface area (Å²) in [4.78, 5) is 10.8. The molecule has 4 heterocycles. The van der Waals surface area contributed by atoms with E-state index < -0.39 is 0 Å². The third kappa shape index (κ3) is 5.08. The summed E-state index contributed by atoms with van der Waals surface area (Å²) in [5.74, 6) is 0.629. The van der Waals surface area contributed by atoms with Crippen molar-refractivity contribution >= 4 is 76.5 Å². The lowest BCUT2D eigenvalue weighted by atomic mass is 10.0. The minimum Gasteiger partial charge on any atom is -0.456 e. The Morgan fingerprint density at radius 1 is 0.328 bits per heavy atom. The summed E-state index contributed by atoms with van der Waals surface area (Å²) in [5.41, 5.74) is 14.7. The second kappa shape index (κ2) is 13.1. The molecule has 0 aliphatic heterocycles. The third-order valence-electron chi connectivity index (χ3n) is 12.4. The van der Waals surface area contributed by atoms with Gasteiger partial charge < -0.3 is 8.98 Å². The summed E-state index contributed by atoms with van der Waals surface area (Å²) >= 11 is 0. The Balaban J connectivity index is 1.11. The van der Waals surface area contributed by atoms with E-state index in [2.05, 4.69) is 209 Å². The van der Waals surface area contributed by atoms with Crippen LogP contribution in [0.25, 0.3) is 122 Å². The normalized spacial score (nSPS) is 11.9. The SMILES string of the molecule is c1ccc(-c2ccc(-c3nc(-n4c5ccccc5c5c4ccc4c6c7c(ccc6n(-c6ccc(-c8ccccc8)cc6)c45)oc4ccccc47)nc4ccccc34)cc2)cc1. The zero-order valence-corrected chi connectivity index (χ0v) is 32.8. The van der Waals surface area contributed by atoms with Crippen molar-refractivity contribution in [3.63, 3.8) is 0 Å². The number of aromatic nitrogens is 4. The number of benzene rings is 9. The van der Waals surface area contributed by atoms with E-state index in [4.69, 9.17) is 14.4 Å². The minimum absolute atomic E-state index is 0.629. The molecule has 284 valence electrons. The van der Waals surface area contributed by atoms with E-state index in [9.17, 15) is 0 Å². The van der Waals surface area contributed by atoms with E-state index >= 15 is 0 Å². The van der Waals surface area contributed by atoms with Crippen LogP contribution in [0.15, 0.2) is 211 Å². The fraction of sp³-hybridized carbons (Fsp3) is 0. The number of para-hydroxylation sites is 3. The highest BCUT2D eigenvalue weighted by atomic mass is 16.3. The highest BCUT2D eigenvalue weighted by Gasteiger charge is 2.25. The molecule has 4 aromatic heterocycles. The highest BCUT2D eigenvalue weighted by molar-refractivity contribution is 6.33. The van der Waals surface area contributed by atoms with Crippen LogP contribution < -0.4 is 0 Å². The van der Waals surface area contributed by atoms with E-state index in [1.54, 1.807) is 0 Å². The van der Waals surface area contributed by atoms with Crippen LogP contribution in [0.2, 0.25) is 0 Å². The van der Waals surface area contributed by atoms with Crippen molar-refractivity contribution in [2.24, 2.45) is 0 Å². The second-order valence-electron chi connectivity index (χ2n) is 15.7. The summed E-state index contributed by atoms with van der Waals surface area (Å²) in [7, 11) is 0. The Kier molecular flexibility index (Phi) is 7.24. The van der Waals surface area contributed by atoms with Crippen molar-refractivity contribution < 1.29 is 4.42 Å². The average Bonchev–Trinajstić information content (AvgIpc) is 3.99. The number of rotatable bonds is 5. The first-order valence-corrected chi connectivity index (χ1v) is 20.7. The van der Waals surface area contributed by atoms with Crippen LogP contribution in [-0.2, 0) is 0 Å². The fourth-order valence-electron chi connectivity index (χ4n) is 9.61. The number of hydrogen-bond donors (Lipinski definition) is 0. The summed E-state index contributed by atoms with van der Waals surface area (Å²) in [6, 6.07) is 73.0. The lowest BCUT2D eigenvalue weighted by Gasteiger charge is -2.12. The topological polar surface area (TPSA) is 48.8 Å². The van der Waals surface area contributed by atoms with Gasteiger partial charge in [-0.25, -0.2) is 9.97 Å². The molecule has 5 nitrogen and oxygen atoms in total. The van der Waals surface area contributed by atoms with Crippen molar-refractivity contribution in [2.45, 2.75) is 0 Å². The van der Waals surface area contributed by atoms with Gasteiger partial charge in [0.25, 0.3) is 0 Å². The molecule has 9 aromatic carbocycles. The Bertz CT molecular complexity index is 3840. The molecule has 0 spiro atoms. The van der Waals surface area contributed by atoms with Gasteiger partial charge in [0.15, 0.2) is 0 Å². The summed E-state index contributed by atoms with van der Waals surface area (Å²) < 4.78 is 11.2. The molecule has 0 saturated heterocycles. The number of furan rings is 1. The average molecular weight is 779 g/mol. The molecule has 61 heavy (non-hydrogen) atoms. The van der Waals surface area contributed by atoms with E-state index in [1.807, 2.05) is 6.07 Å². The van der Waals surface area contributed by atoms with Gasteiger partial charge in [-0.3, -0.25) is 4.57 Å². The van der Waals surface area contributed by atoms with Gasteiger partial charge in [-0.2, -0.15) is 0 Å². The van der Waals surface area contributed by atoms with E-state index in [-0.39, 0.29) is 0 Å². The quantitative estimate of drug-likeness (QED) is 0.175. The molecule has 13 rings (SSSR count). The van der Waals surface area contributed by atoms with Gasteiger partial charge in [0, 0.05) is 49.0 Å². The molecule has 0 aliphatic rings. The van der Waals surface area contributed by atoms with Crippen LogP contribution >= 0.6 is 0 Å². The largest absolute Gasteiger partial charge is 0.456 e. The maximum atomic E-state index is 6.49. The van der Waals surface area contributed by atoms with Gasteiger partial charge in [-0.15, -0.1) is 0 Å². The third-order valence-corrected chi connectivity index (χ3v) is 12.4. The molecule has 0 unspecified atom stereocenters. The zero-order chi connectivity index (χ0) is 40.0. The number of fused-ring (bicyclic) bond motifs is 12. The second-order valence-corrected chi connectivity index (χ2v) is 15.7. The van der Waals surface area contributed by atoms with Gasteiger partial charge >= 0.3 is 0 Å². The Hall–Kier alpha value is -8.28. The molecule has 0 fully saturated rings. The van der Waals surface area contributed by atoms with Crippen LogP contribution in [0.1, 0.15) is 0 Å². The van der Waals surface area contributed by atoms with Gasteiger partial charge in [0.2, 0.25) is 5.95 Å². The summed E-state index contributed by atoms with van der Waals surface area (Å²) in [6.45, 7) is 0. The van der Waals surface area contributed by atoms with Crippen LogP contribution in [0.4, 0.5) is 0 Å². The predicted octanol–water partition coefficient (Wildman–Crippen LogP) is 14.7. The lowest BCUT2D eigenvalue weighted by molar-refractivity contribution is 0.669. The highest BCUT2D eigenvalue weighted by Crippen LogP contribution is 2.46. The van der Waals surface area contributed by atoms with Crippen LogP contribution in [0.5, 0.6) is 0 Å². The molecule has 0 atom stereocenters. The van der Waals surface area contributed by atoms with E-state index in [0.29, 0.717) is 5.95 Å². The first kappa shape index (κ1) is 33.7. The molecule has 0 bridgehead atoms. The standard InChI is InChI=1S/C56H34N4O/c1-3-13-35(14-4-1)37-23-25-39(26-24-37)54-41-17-7-10-20-45(41)57-56(58-54)60-46-21-11-8-18-42(46)52-48(60)32-31-44-51-47(33-34-50-53(51)43-19-9-12-22-49(43)61-50)59(55(44)52)40-29-27-38(28-30-40)36-15-5-2-6-16-36/h1-34H. The molecule has 13 aromatic rings. The maximum absolute atomic E-state index is 6.49. The van der Waals surface area contributed by atoms with Gasteiger partial charge in [-0.1, -0.05) is 158 Å². The predicted molar refractivity (Wildman–Crippen MR) is 252 cm³/mol. The molecule has 0 amide bonds. The minimum atomic E-state index is 0.629. The van der Waals surface area contributed by atoms with Crippen molar-refractivity contribution in [1.29, 1.82) is 0 Å². The smallest absolute Gasteiger partial charge is 0.235 e. The Labute approximate surface area is 350 Å². The fourth-order valence-corrected chi connectivity index (χ4v) is 9.61. The molecular weight excluding hydrogens is 745 g/mol. The van der Waals surface area contributed by atoms with E-state index in [0.717, 1.165) is 88.0 Å². The van der Waals surface area contributed by atoms with Crippen LogP contribution in [0, 0.1) is 0 Å². The number of hydrogen-bond acceptors (Lipinski definition) is 3. The summed E-state index contributed by atoms with van der Waals surface area (Å²) in [5, 5.41) is 7.85. The van der Waals surface area contributed by atoms with Gasteiger partial charge in [0.1, 0.15) is 11.2 Å². The Morgan fingerprint density at radius 3 is 1.66 bits per heavy atom. The van der Waals surface area contributed by atoms with Crippen LogP contribution in [-0.4, -0.2) is 19.1 Å². The lowest BCUT2D eigenvalue weighted by Crippen LogP contribution is -2.03. The van der Waals surface area contributed by atoms with E-state index in [1.165, 1.54) is 27.6 Å². The van der Waals surface area contributed by atoms with Crippen molar-refractivity contribution in [3.05, 3.63) is 206 Å². The van der Waals surface area contributed by atoms with Crippen molar-refractivity contribution in [2.75, 3.05) is 0 Å². The van der Waals surface area contributed by atoms with Crippen molar-refractivity contribution in [1.82, 2.24) is 19.1 Å². The molecular formula is C56H34N4O. The zero-order valence-electron chi connectivity index (χ0n) is 32.8. The maximum Gasteiger partial charge on any atom is 0.235 e. The molecule has 0 aliphatic carbocycles. The monoisotopic (exact) mass is 778 g/mol. The first-order valence-electron chi connectivity index (χ1n) is 20.7. The van der Waals surface area contributed by atoms with Crippen molar-refractivity contribution in [3.8, 4) is 45.1 Å². The van der Waals surface area contributed by atoms with Gasteiger partial charge in [-0.05, 0) is 70.8 Å². The molecule has 0 N–H and O–H groups in total.